The molecule has 0 aliphatic rings. The zero-order valence-corrected chi connectivity index (χ0v) is 6.45. The van der Waals surface area contributed by atoms with Crippen molar-refractivity contribution in [3.63, 3.8) is 0 Å². The lowest BCUT2D eigenvalue weighted by Gasteiger charge is -1.93. The van der Waals surface area contributed by atoms with Gasteiger partial charge in [-0.3, -0.25) is 0 Å². The standard InChI is InChI=1S/C9H8N2O/c12-11-6-7-1-2-9-8(5-7)3-4-10-9/h1-5,10H,6H2. The predicted molar refractivity (Wildman–Crippen MR) is 47.8 cm³/mol. The summed E-state index contributed by atoms with van der Waals surface area (Å²) in [4.78, 5) is 13.1. The summed E-state index contributed by atoms with van der Waals surface area (Å²) in [5.74, 6) is 0. The SMILES string of the molecule is O=NCc1ccc2[nH]ccc2c1. The third-order valence-electron chi connectivity index (χ3n) is 1.86. The molecule has 0 unspecified atom stereocenters. The second-order valence-electron chi connectivity index (χ2n) is 2.69. The molecule has 1 aromatic carbocycles. The van der Waals surface area contributed by atoms with Gasteiger partial charge in [0.1, 0.15) is 6.54 Å². The minimum absolute atomic E-state index is 0.251. The lowest BCUT2D eigenvalue weighted by atomic mass is 10.1. The number of aromatic nitrogens is 1. The van der Waals surface area contributed by atoms with Crippen molar-refractivity contribution in [1.29, 1.82) is 0 Å². The molecular weight excluding hydrogens is 152 g/mol. The molecule has 0 saturated heterocycles. The minimum Gasteiger partial charge on any atom is -0.361 e. The summed E-state index contributed by atoms with van der Waals surface area (Å²) >= 11 is 0. The summed E-state index contributed by atoms with van der Waals surface area (Å²) in [7, 11) is 0. The Kier molecular flexibility index (Phi) is 1.63. The maximum atomic E-state index is 9.99. The monoisotopic (exact) mass is 160 g/mol. The van der Waals surface area contributed by atoms with E-state index in [1.165, 1.54) is 0 Å². The molecule has 0 amide bonds. The molecule has 0 atom stereocenters. The number of nitroso groups, excluding NO2 is 1. The third-order valence-corrected chi connectivity index (χ3v) is 1.86. The summed E-state index contributed by atoms with van der Waals surface area (Å²) in [5.41, 5.74) is 2.04. The van der Waals surface area contributed by atoms with Crippen molar-refractivity contribution in [2.45, 2.75) is 6.54 Å². The van der Waals surface area contributed by atoms with Gasteiger partial charge in [-0.1, -0.05) is 11.2 Å². The highest BCUT2D eigenvalue weighted by atomic mass is 16.3. The van der Waals surface area contributed by atoms with Gasteiger partial charge in [-0.05, 0) is 29.1 Å². The van der Waals surface area contributed by atoms with Crippen molar-refractivity contribution in [2.24, 2.45) is 5.18 Å². The zero-order valence-electron chi connectivity index (χ0n) is 6.45. The molecule has 0 spiro atoms. The molecule has 3 heteroatoms. The van der Waals surface area contributed by atoms with E-state index in [1.807, 2.05) is 30.5 Å². The van der Waals surface area contributed by atoms with E-state index >= 15 is 0 Å². The first kappa shape index (κ1) is 7.03. The van der Waals surface area contributed by atoms with E-state index in [-0.39, 0.29) is 6.54 Å². The molecular formula is C9H8N2O. The van der Waals surface area contributed by atoms with Crippen LogP contribution in [0.1, 0.15) is 5.56 Å². The highest BCUT2D eigenvalue weighted by Gasteiger charge is 1.95. The Labute approximate surface area is 69.4 Å². The van der Waals surface area contributed by atoms with Gasteiger partial charge in [0.25, 0.3) is 0 Å². The van der Waals surface area contributed by atoms with Gasteiger partial charge in [0.15, 0.2) is 0 Å². The molecule has 1 heterocycles. The number of H-pyrrole nitrogens is 1. The van der Waals surface area contributed by atoms with Gasteiger partial charge in [0, 0.05) is 11.7 Å². The van der Waals surface area contributed by atoms with Gasteiger partial charge in [-0.15, -0.1) is 0 Å². The third kappa shape index (κ3) is 1.09. The number of nitrogens with zero attached hydrogens (tertiary/aromatic N) is 1. The summed E-state index contributed by atoms with van der Waals surface area (Å²) in [6.45, 7) is 0.251. The van der Waals surface area contributed by atoms with Crippen molar-refractivity contribution < 1.29 is 0 Å². The molecule has 2 aromatic rings. The molecule has 0 aliphatic carbocycles. The van der Waals surface area contributed by atoms with E-state index in [9.17, 15) is 4.91 Å². The number of rotatable bonds is 2. The largest absolute Gasteiger partial charge is 0.361 e. The Morgan fingerprint density at radius 1 is 1.33 bits per heavy atom. The first-order valence-corrected chi connectivity index (χ1v) is 3.75. The van der Waals surface area contributed by atoms with Gasteiger partial charge >= 0.3 is 0 Å². The average molecular weight is 160 g/mol. The Morgan fingerprint density at radius 2 is 2.25 bits per heavy atom. The molecule has 0 bridgehead atoms. The van der Waals surface area contributed by atoms with Crippen LogP contribution in [0, 0.1) is 4.91 Å². The molecule has 0 fully saturated rings. The van der Waals surface area contributed by atoms with E-state index in [0.29, 0.717) is 0 Å². The Balaban J connectivity index is 2.52. The molecule has 60 valence electrons. The first-order chi connectivity index (χ1) is 5.90. The molecule has 2 rings (SSSR count). The quantitative estimate of drug-likeness (QED) is 0.674. The highest BCUT2D eigenvalue weighted by molar-refractivity contribution is 5.79. The number of aromatic amines is 1. The van der Waals surface area contributed by atoms with Crippen molar-refractivity contribution in [3.05, 3.63) is 40.9 Å². The van der Waals surface area contributed by atoms with Crippen LogP contribution in [0.3, 0.4) is 0 Å². The molecule has 3 nitrogen and oxygen atoms in total. The second kappa shape index (κ2) is 2.77. The lowest BCUT2D eigenvalue weighted by Crippen LogP contribution is -1.78. The van der Waals surface area contributed by atoms with Gasteiger partial charge in [0.05, 0.1) is 0 Å². The van der Waals surface area contributed by atoms with Gasteiger partial charge in [-0.25, -0.2) is 0 Å². The maximum Gasteiger partial charge on any atom is 0.106 e. The van der Waals surface area contributed by atoms with E-state index in [0.717, 1.165) is 16.5 Å². The fourth-order valence-electron chi connectivity index (χ4n) is 1.28. The van der Waals surface area contributed by atoms with Crippen LogP contribution in [0.2, 0.25) is 0 Å². The minimum atomic E-state index is 0.251. The summed E-state index contributed by atoms with van der Waals surface area (Å²) in [5, 5.41) is 3.96. The smallest absolute Gasteiger partial charge is 0.106 e. The Hall–Kier alpha value is -1.64. The molecule has 12 heavy (non-hydrogen) atoms. The average Bonchev–Trinajstić information content (AvgIpc) is 2.51. The number of hydrogen-bond donors (Lipinski definition) is 1. The molecule has 0 saturated carbocycles. The van der Waals surface area contributed by atoms with Crippen molar-refractivity contribution in [2.75, 3.05) is 0 Å². The van der Waals surface area contributed by atoms with E-state index in [1.54, 1.807) is 0 Å². The predicted octanol–water partition coefficient (Wildman–Crippen LogP) is 2.43. The second-order valence-corrected chi connectivity index (χ2v) is 2.69. The normalized spacial score (nSPS) is 10.3. The molecule has 1 aromatic heterocycles. The summed E-state index contributed by atoms with van der Waals surface area (Å²) in [6, 6.07) is 7.80. The highest BCUT2D eigenvalue weighted by Crippen LogP contribution is 2.14. The van der Waals surface area contributed by atoms with E-state index in [2.05, 4.69) is 10.2 Å². The van der Waals surface area contributed by atoms with Crippen LogP contribution >= 0.6 is 0 Å². The van der Waals surface area contributed by atoms with Crippen LogP contribution in [0.4, 0.5) is 0 Å². The number of benzene rings is 1. The maximum absolute atomic E-state index is 9.99. The van der Waals surface area contributed by atoms with E-state index < -0.39 is 0 Å². The fraction of sp³-hybridized carbons (Fsp3) is 0.111. The van der Waals surface area contributed by atoms with Crippen molar-refractivity contribution in [3.8, 4) is 0 Å². The van der Waals surface area contributed by atoms with Crippen LogP contribution in [0.15, 0.2) is 35.6 Å². The van der Waals surface area contributed by atoms with Crippen LogP contribution in [-0.4, -0.2) is 4.98 Å². The zero-order chi connectivity index (χ0) is 8.39. The van der Waals surface area contributed by atoms with Crippen LogP contribution < -0.4 is 0 Å². The van der Waals surface area contributed by atoms with Crippen LogP contribution in [-0.2, 0) is 6.54 Å². The fourth-order valence-corrected chi connectivity index (χ4v) is 1.28. The van der Waals surface area contributed by atoms with E-state index in [4.69, 9.17) is 0 Å². The molecule has 0 aliphatic heterocycles. The summed E-state index contributed by atoms with van der Waals surface area (Å²) < 4.78 is 0. The number of fused-ring (bicyclic) bond motifs is 1. The first-order valence-electron chi connectivity index (χ1n) is 3.75. The lowest BCUT2D eigenvalue weighted by molar-refractivity contribution is 1.06. The number of hydrogen-bond acceptors (Lipinski definition) is 2. The molecule has 1 N–H and O–H groups in total. The number of nitrogens with one attached hydrogen (secondary N) is 1. The Bertz CT molecular complexity index is 406. The van der Waals surface area contributed by atoms with Crippen LogP contribution in [0.5, 0.6) is 0 Å². The molecule has 0 radical (unpaired) electrons. The summed E-state index contributed by atoms with van der Waals surface area (Å²) in [6.07, 6.45) is 1.88. The van der Waals surface area contributed by atoms with Gasteiger partial charge < -0.3 is 4.98 Å². The topological polar surface area (TPSA) is 45.2 Å². The Morgan fingerprint density at radius 3 is 3.08 bits per heavy atom. The van der Waals surface area contributed by atoms with Gasteiger partial charge in [0.2, 0.25) is 0 Å². The van der Waals surface area contributed by atoms with Crippen LogP contribution in [0.25, 0.3) is 10.9 Å². The van der Waals surface area contributed by atoms with Gasteiger partial charge in [-0.2, -0.15) is 4.91 Å². The van der Waals surface area contributed by atoms with Crippen molar-refractivity contribution in [1.82, 2.24) is 4.98 Å². The van der Waals surface area contributed by atoms with Crippen molar-refractivity contribution >= 4 is 10.9 Å².